The molecule has 96 valence electrons. The van der Waals surface area contributed by atoms with Gasteiger partial charge in [0.05, 0.1) is 12.5 Å². The Morgan fingerprint density at radius 2 is 2.28 bits per heavy atom. The highest BCUT2D eigenvalue weighted by Gasteiger charge is 2.16. The van der Waals surface area contributed by atoms with E-state index in [1.54, 1.807) is 25.1 Å². The number of carbonyl (C=O) groups excluding carboxylic acids is 1. The molecule has 1 aliphatic heterocycles. The molecule has 0 saturated heterocycles. The largest absolute Gasteiger partial charge is 0.493 e. The summed E-state index contributed by atoms with van der Waals surface area (Å²) in [5.74, 6) is -0.937. The van der Waals surface area contributed by atoms with E-state index < -0.39 is 11.9 Å². The molecule has 0 aromatic heterocycles. The lowest BCUT2D eigenvalue weighted by atomic mass is 10.1. The van der Waals surface area contributed by atoms with E-state index in [4.69, 9.17) is 9.84 Å². The molecule has 0 spiro atoms. The number of benzene rings is 1. The van der Waals surface area contributed by atoms with Crippen molar-refractivity contribution < 1.29 is 19.4 Å². The Kier molecular flexibility index (Phi) is 3.50. The third-order valence-corrected chi connectivity index (χ3v) is 2.94. The highest BCUT2D eigenvalue weighted by Crippen LogP contribution is 2.25. The molecule has 0 fully saturated rings. The third kappa shape index (κ3) is 2.61. The number of hydrogen-bond acceptors (Lipinski definition) is 3. The Morgan fingerprint density at radius 3 is 3.00 bits per heavy atom. The third-order valence-electron chi connectivity index (χ3n) is 2.94. The summed E-state index contributed by atoms with van der Waals surface area (Å²) in [5.41, 5.74) is 1.56. The van der Waals surface area contributed by atoms with Crippen molar-refractivity contribution in [3.8, 4) is 5.75 Å². The normalized spacial score (nSPS) is 14.5. The number of fused-ring (bicyclic) bond motifs is 1. The highest BCUT2D eigenvalue weighted by molar-refractivity contribution is 5.94. The zero-order valence-corrected chi connectivity index (χ0v) is 10.1. The SMILES string of the molecule is C[C@H](CNC(=O)c1ccc2c(c1)CCO2)C(=O)O. The predicted octanol–water partition coefficient (Wildman–Crippen LogP) is 1.07. The number of carboxylic acids is 1. The van der Waals surface area contributed by atoms with Gasteiger partial charge >= 0.3 is 5.97 Å². The van der Waals surface area contributed by atoms with Crippen LogP contribution in [-0.2, 0) is 11.2 Å². The molecule has 18 heavy (non-hydrogen) atoms. The lowest BCUT2D eigenvalue weighted by Crippen LogP contribution is -2.31. The fourth-order valence-electron chi connectivity index (χ4n) is 1.76. The van der Waals surface area contributed by atoms with E-state index in [9.17, 15) is 9.59 Å². The van der Waals surface area contributed by atoms with Crippen LogP contribution in [0.4, 0.5) is 0 Å². The first-order valence-corrected chi connectivity index (χ1v) is 5.84. The molecule has 2 rings (SSSR count). The average Bonchev–Trinajstić information content (AvgIpc) is 2.82. The number of amides is 1. The number of aliphatic carboxylic acids is 1. The van der Waals surface area contributed by atoms with Gasteiger partial charge in [-0.15, -0.1) is 0 Å². The summed E-state index contributed by atoms with van der Waals surface area (Å²) in [7, 11) is 0. The molecule has 1 aromatic rings. The van der Waals surface area contributed by atoms with Crippen molar-refractivity contribution in [1.29, 1.82) is 0 Å². The van der Waals surface area contributed by atoms with Gasteiger partial charge in [-0.25, -0.2) is 0 Å². The van der Waals surface area contributed by atoms with E-state index in [2.05, 4.69) is 5.32 Å². The standard InChI is InChI=1S/C13H15NO4/c1-8(13(16)17)7-14-12(15)10-2-3-11-9(6-10)4-5-18-11/h2-3,6,8H,4-5,7H2,1H3,(H,14,15)(H,16,17)/t8-/m1/s1. The van der Waals surface area contributed by atoms with Gasteiger partial charge in [-0.05, 0) is 23.8 Å². The van der Waals surface area contributed by atoms with Gasteiger partial charge in [-0.3, -0.25) is 9.59 Å². The lowest BCUT2D eigenvalue weighted by molar-refractivity contribution is -0.140. The molecular weight excluding hydrogens is 234 g/mol. The van der Waals surface area contributed by atoms with Crippen LogP contribution in [0, 0.1) is 5.92 Å². The van der Waals surface area contributed by atoms with Crippen LogP contribution in [0.15, 0.2) is 18.2 Å². The van der Waals surface area contributed by atoms with Gasteiger partial charge in [-0.2, -0.15) is 0 Å². The maximum absolute atomic E-state index is 11.8. The molecule has 5 heteroatoms. The molecule has 0 saturated carbocycles. The fourth-order valence-corrected chi connectivity index (χ4v) is 1.76. The summed E-state index contributed by atoms with van der Waals surface area (Å²) in [4.78, 5) is 22.5. The fraction of sp³-hybridized carbons (Fsp3) is 0.385. The molecule has 0 unspecified atom stereocenters. The molecule has 1 atom stereocenters. The molecule has 2 N–H and O–H groups in total. The quantitative estimate of drug-likeness (QED) is 0.837. The maximum atomic E-state index is 11.8. The zero-order valence-electron chi connectivity index (χ0n) is 10.1. The Hall–Kier alpha value is -2.04. The summed E-state index contributed by atoms with van der Waals surface area (Å²) in [6.07, 6.45) is 0.808. The molecule has 1 heterocycles. The first-order chi connectivity index (χ1) is 8.58. The van der Waals surface area contributed by atoms with E-state index in [1.807, 2.05) is 0 Å². The molecule has 1 aromatic carbocycles. The molecule has 1 aliphatic rings. The molecule has 0 radical (unpaired) electrons. The van der Waals surface area contributed by atoms with Crippen LogP contribution in [0.5, 0.6) is 5.75 Å². The van der Waals surface area contributed by atoms with Gasteiger partial charge in [0.1, 0.15) is 5.75 Å². The van der Waals surface area contributed by atoms with E-state index in [-0.39, 0.29) is 12.5 Å². The number of ether oxygens (including phenoxy) is 1. The van der Waals surface area contributed by atoms with Crippen LogP contribution in [0.2, 0.25) is 0 Å². The second kappa shape index (κ2) is 5.08. The number of carboxylic acid groups (broad SMARTS) is 1. The smallest absolute Gasteiger partial charge is 0.308 e. The Labute approximate surface area is 105 Å². The monoisotopic (exact) mass is 249 g/mol. The first kappa shape index (κ1) is 12.4. The van der Waals surface area contributed by atoms with Crippen molar-refractivity contribution in [2.45, 2.75) is 13.3 Å². The van der Waals surface area contributed by atoms with Crippen molar-refractivity contribution in [2.24, 2.45) is 5.92 Å². The van der Waals surface area contributed by atoms with Crippen LogP contribution < -0.4 is 10.1 Å². The maximum Gasteiger partial charge on any atom is 0.308 e. The van der Waals surface area contributed by atoms with Gasteiger partial charge in [0.2, 0.25) is 0 Å². The van der Waals surface area contributed by atoms with Crippen molar-refractivity contribution in [2.75, 3.05) is 13.2 Å². The van der Waals surface area contributed by atoms with Gasteiger partial charge in [0.15, 0.2) is 0 Å². The summed E-state index contributed by atoms with van der Waals surface area (Å²) < 4.78 is 5.35. The summed E-state index contributed by atoms with van der Waals surface area (Å²) in [5, 5.41) is 11.3. The van der Waals surface area contributed by atoms with Crippen molar-refractivity contribution in [3.05, 3.63) is 29.3 Å². The van der Waals surface area contributed by atoms with Crippen LogP contribution >= 0.6 is 0 Å². The summed E-state index contributed by atoms with van der Waals surface area (Å²) >= 11 is 0. The Bertz CT molecular complexity index is 484. The molecule has 0 bridgehead atoms. The molecule has 0 aliphatic carbocycles. The van der Waals surface area contributed by atoms with E-state index in [0.717, 1.165) is 17.7 Å². The first-order valence-electron chi connectivity index (χ1n) is 5.84. The summed E-state index contributed by atoms with van der Waals surface area (Å²) in [6, 6.07) is 5.26. The highest BCUT2D eigenvalue weighted by atomic mass is 16.5. The van der Waals surface area contributed by atoms with E-state index in [1.165, 1.54) is 0 Å². The Morgan fingerprint density at radius 1 is 1.50 bits per heavy atom. The van der Waals surface area contributed by atoms with Crippen molar-refractivity contribution in [1.82, 2.24) is 5.32 Å². The van der Waals surface area contributed by atoms with Crippen molar-refractivity contribution in [3.63, 3.8) is 0 Å². The molecule has 5 nitrogen and oxygen atoms in total. The lowest BCUT2D eigenvalue weighted by Gasteiger charge is -2.09. The molecule has 1 amide bonds. The minimum absolute atomic E-state index is 0.127. The Balaban J connectivity index is 1.99. The van der Waals surface area contributed by atoms with Gasteiger partial charge in [-0.1, -0.05) is 6.92 Å². The minimum Gasteiger partial charge on any atom is -0.493 e. The average molecular weight is 249 g/mol. The second-order valence-corrected chi connectivity index (χ2v) is 4.37. The zero-order chi connectivity index (χ0) is 13.1. The van der Waals surface area contributed by atoms with Gasteiger partial charge in [0.25, 0.3) is 5.91 Å². The van der Waals surface area contributed by atoms with E-state index >= 15 is 0 Å². The van der Waals surface area contributed by atoms with Crippen LogP contribution in [0.3, 0.4) is 0 Å². The predicted molar refractivity (Wildman–Crippen MR) is 64.8 cm³/mol. The molecular formula is C13H15NO4. The second-order valence-electron chi connectivity index (χ2n) is 4.37. The summed E-state index contributed by atoms with van der Waals surface area (Å²) in [6.45, 7) is 2.33. The number of rotatable bonds is 4. The van der Waals surface area contributed by atoms with Crippen LogP contribution in [0.1, 0.15) is 22.8 Å². The minimum atomic E-state index is -0.919. The van der Waals surface area contributed by atoms with Crippen LogP contribution in [0.25, 0.3) is 0 Å². The van der Waals surface area contributed by atoms with Crippen LogP contribution in [-0.4, -0.2) is 30.1 Å². The van der Waals surface area contributed by atoms with Gasteiger partial charge < -0.3 is 15.2 Å². The number of hydrogen-bond donors (Lipinski definition) is 2. The number of carbonyl (C=O) groups is 2. The van der Waals surface area contributed by atoms with Crippen molar-refractivity contribution >= 4 is 11.9 Å². The van der Waals surface area contributed by atoms with E-state index in [0.29, 0.717) is 12.2 Å². The number of nitrogens with one attached hydrogen (secondary N) is 1. The van der Waals surface area contributed by atoms with Gasteiger partial charge in [0, 0.05) is 18.5 Å². The topological polar surface area (TPSA) is 75.6 Å².